The lowest BCUT2D eigenvalue weighted by atomic mass is 10.2. The Labute approximate surface area is 149 Å². The van der Waals surface area contributed by atoms with Gasteiger partial charge in [0.15, 0.2) is 17.1 Å². The fourth-order valence-corrected chi connectivity index (χ4v) is 2.46. The van der Waals surface area contributed by atoms with Crippen LogP contribution in [-0.2, 0) is 11.3 Å². The Morgan fingerprint density at radius 2 is 2.00 bits per heavy atom. The number of hydrogen-bond acceptors (Lipinski definition) is 8. The van der Waals surface area contributed by atoms with Crippen LogP contribution in [0.15, 0.2) is 30.7 Å². The lowest BCUT2D eigenvalue weighted by molar-refractivity contribution is 0.0527. The Balaban J connectivity index is 1.83. The van der Waals surface area contributed by atoms with E-state index in [1.807, 2.05) is 18.2 Å². The fourth-order valence-electron chi connectivity index (χ4n) is 2.46. The second-order valence-electron chi connectivity index (χ2n) is 5.25. The van der Waals surface area contributed by atoms with Crippen molar-refractivity contribution in [2.75, 3.05) is 26.1 Å². The molecule has 3 aromatic rings. The average molecular weight is 357 g/mol. The van der Waals surface area contributed by atoms with Crippen molar-refractivity contribution in [2.45, 2.75) is 13.5 Å². The minimum Gasteiger partial charge on any atom is -0.493 e. The van der Waals surface area contributed by atoms with Gasteiger partial charge in [-0.2, -0.15) is 9.61 Å². The highest BCUT2D eigenvalue weighted by molar-refractivity contribution is 5.95. The number of nitrogens with zero attached hydrogens (tertiary/aromatic N) is 4. The minimum atomic E-state index is -0.482. The molecule has 0 unspecified atom stereocenters. The van der Waals surface area contributed by atoms with E-state index in [9.17, 15) is 4.79 Å². The van der Waals surface area contributed by atoms with Gasteiger partial charge in [-0.1, -0.05) is 6.07 Å². The van der Waals surface area contributed by atoms with Gasteiger partial charge in [-0.3, -0.25) is 0 Å². The second kappa shape index (κ2) is 7.68. The lowest BCUT2D eigenvalue weighted by Gasteiger charge is -2.11. The number of rotatable bonds is 7. The molecule has 0 radical (unpaired) electrons. The summed E-state index contributed by atoms with van der Waals surface area (Å²) in [6.45, 7) is 2.49. The van der Waals surface area contributed by atoms with Gasteiger partial charge in [0, 0.05) is 12.7 Å². The van der Waals surface area contributed by atoms with Gasteiger partial charge >= 0.3 is 5.97 Å². The molecule has 0 saturated heterocycles. The van der Waals surface area contributed by atoms with E-state index in [2.05, 4.69) is 20.4 Å². The third kappa shape index (κ3) is 3.37. The van der Waals surface area contributed by atoms with Crippen LogP contribution in [0.5, 0.6) is 11.5 Å². The van der Waals surface area contributed by atoms with Crippen LogP contribution in [0.1, 0.15) is 22.8 Å². The van der Waals surface area contributed by atoms with Crippen molar-refractivity contribution in [1.29, 1.82) is 0 Å². The van der Waals surface area contributed by atoms with Crippen molar-refractivity contribution in [2.24, 2.45) is 0 Å². The molecule has 2 aromatic heterocycles. The first-order valence-electron chi connectivity index (χ1n) is 7.98. The summed E-state index contributed by atoms with van der Waals surface area (Å²) in [6, 6.07) is 5.62. The third-order valence-corrected chi connectivity index (χ3v) is 3.70. The van der Waals surface area contributed by atoms with E-state index in [0.717, 1.165) is 5.56 Å². The molecule has 1 N–H and O–H groups in total. The molecule has 26 heavy (non-hydrogen) atoms. The number of fused-ring (bicyclic) bond motifs is 1. The molecule has 0 atom stereocenters. The van der Waals surface area contributed by atoms with E-state index in [0.29, 0.717) is 29.6 Å². The Morgan fingerprint density at radius 3 is 2.73 bits per heavy atom. The number of methoxy groups -OCH3 is 2. The number of nitrogens with one attached hydrogen (secondary N) is 1. The minimum absolute atomic E-state index is 0.265. The molecular weight excluding hydrogens is 338 g/mol. The summed E-state index contributed by atoms with van der Waals surface area (Å²) in [5.74, 6) is 1.28. The molecule has 0 bridgehead atoms. The molecule has 9 nitrogen and oxygen atoms in total. The topological polar surface area (TPSA) is 99.9 Å². The standard InChI is InChI=1S/C17H19N5O4/c1-4-26-16(23)12-9-19-17(22-15(12)20-10-21-22)18-8-11-5-6-13(24-2)14(7-11)25-3/h5-7,9-10H,4,8H2,1-3H3,(H,18,19). The van der Waals surface area contributed by atoms with Crippen LogP contribution in [0.4, 0.5) is 5.95 Å². The molecule has 2 heterocycles. The van der Waals surface area contributed by atoms with Crippen LogP contribution < -0.4 is 14.8 Å². The molecule has 0 saturated carbocycles. The van der Waals surface area contributed by atoms with E-state index in [1.165, 1.54) is 17.0 Å². The Bertz CT molecular complexity index is 925. The van der Waals surface area contributed by atoms with Crippen LogP contribution in [-0.4, -0.2) is 46.4 Å². The summed E-state index contributed by atoms with van der Waals surface area (Å²) in [7, 11) is 3.18. The van der Waals surface area contributed by atoms with Gasteiger partial charge in [0.05, 0.1) is 20.8 Å². The van der Waals surface area contributed by atoms with Crippen LogP contribution >= 0.6 is 0 Å². The largest absolute Gasteiger partial charge is 0.493 e. The molecule has 3 rings (SSSR count). The van der Waals surface area contributed by atoms with Crippen LogP contribution in [0, 0.1) is 0 Å². The predicted octanol–water partition coefficient (Wildman–Crippen LogP) is 1.93. The number of aromatic nitrogens is 4. The number of anilines is 1. The van der Waals surface area contributed by atoms with Gasteiger partial charge in [-0.25, -0.2) is 14.8 Å². The molecule has 0 aliphatic heterocycles. The van der Waals surface area contributed by atoms with E-state index in [-0.39, 0.29) is 12.2 Å². The predicted molar refractivity (Wildman–Crippen MR) is 93.6 cm³/mol. The Hall–Kier alpha value is -3.36. The van der Waals surface area contributed by atoms with Crippen molar-refractivity contribution in [3.8, 4) is 11.5 Å². The highest BCUT2D eigenvalue weighted by atomic mass is 16.5. The zero-order valence-corrected chi connectivity index (χ0v) is 14.7. The Kier molecular flexibility index (Phi) is 5.16. The molecule has 136 valence electrons. The molecule has 0 spiro atoms. The van der Waals surface area contributed by atoms with E-state index in [4.69, 9.17) is 14.2 Å². The second-order valence-corrected chi connectivity index (χ2v) is 5.25. The van der Waals surface area contributed by atoms with Gasteiger partial charge in [-0.15, -0.1) is 0 Å². The maximum atomic E-state index is 12.0. The number of esters is 1. The van der Waals surface area contributed by atoms with Gasteiger partial charge in [0.2, 0.25) is 5.95 Å². The summed E-state index contributed by atoms with van der Waals surface area (Å²) >= 11 is 0. The molecule has 9 heteroatoms. The number of ether oxygens (including phenoxy) is 3. The lowest BCUT2D eigenvalue weighted by Crippen LogP contribution is -2.12. The smallest absolute Gasteiger partial charge is 0.343 e. The highest BCUT2D eigenvalue weighted by Crippen LogP contribution is 2.27. The summed E-state index contributed by atoms with van der Waals surface area (Å²) in [5.41, 5.74) is 1.61. The number of carbonyl (C=O) groups is 1. The number of carbonyl (C=O) groups excluding carboxylic acids is 1. The quantitative estimate of drug-likeness (QED) is 0.640. The molecule has 0 amide bonds. The van der Waals surface area contributed by atoms with E-state index >= 15 is 0 Å². The number of benzene rings is 1. The number of hydrogen-bond donors (Lipinski definition) is 1. The average Bonchev–Trinajstić information content (AvgIpc) is 3.16. The van der Waals surface area contributed by atoms with Gasteiger partial charge in [0.1, 0.15) is 11.9 Å². The molecule has 1 aromatic carbocycles. The third-order valence-electron chi connectivity index (χ3n) is 3.70. The Morgan fingerprint density at radius 1 is 1.19 bits per heavy atom. The highest BCUT2D eigenvalue weighted by Gasteiger charge is 2.16. The zero-order chi connectivity index (χ0) is 18.5. The fraction of sp³-hybridized carbons (Fsp3) is 0.294. The maximum absolute atomic E-state index is 12.0. The summed E-state index contributed by atoms with van der Waals surface area (Å²) < 4.78 is 17.0. The molecular formula is C17H19N5O4. The normalized spacial score (nSPS) is 10.6. The van der Waals surface area contributed by atoms with Crippen molar-refractivity contribution in [3.63, 3.8) is 0 Å². The van der Waals surface area contributed by atoms with Crippen LogP contribution in [0.2, 0.25) is 0 Å². The van der Waals surface area contributed by atoms with Gasteiger partial charge in [-0.05, 0) is 24.6 Å². The van der Waals surface area contributed by atoms with Crippen LogP contribution in [0.25, 0.3) is 5.65 Å². The monoisotopic (exact) mass is 357 g/mol. The molecule has 0 fully saturated rings. The van der Waals surface area contributed by atoms with Gasteiger partial charge < -0.3 is 19.5 Å². The molecule has 0 aliphatic carbocycles. The van der Waals surface area contributed by atoms with Crippen molar-refractivity contribution in [1.82, 2.24) is 19.6 Å². The summed E-state index contributed by atoms with van der Waals surface area (Å²) in [4.78, 5) is 20.4. The maximum Gasteiger partial charge on any atom is 0.343 e. The van der Waals surface area contributed by atoms with Crippen molar-refractivity contribution in [3.05, 3.63) is 41.9 Å². The first-order chi connectivity index (χ1) is 12.7. The summed E-state index contributed by atoms with van der Waals surface area (Å²) in [5, 5.41) is 7.30. The zero-order valence-electron chi connectivity index (χ0n) is 14.7. The van der Waals surface area contributed by atoms with Crippen molar-refractivity contribution >= 4 is 17.6 Å². The van der Waals surface area contributed by atoms with Gasteiger partial charge in [0.25, 0.3) is 0 Å². The first kappa shape index (κ1) is 17.5. The van der Waals surface area contributed by atoms with E-state index < -0.39 is 5.97 Å². The SMILES string of the molecule is CCOC(=O)c1cnc(NCc2ccc(OC)c(OC)c2)n2ncnc12. The molecule has 0 aliphatic rings. The summed E-state index contributed by atoms with van der Waals surface area (Å²) in [6.07, 6.45) is 2.79. The van der Waals surface area contributed by atoms with Crippen molar-refractivity contribution < 1.29 is 19.0 Å². The van der Waals surface area contributed by atoms with Crippen LogP contribution in [0.3, 0.4) is 0 Å². The first-order valence-corrected chi connectivity index (χ1v) is 7.98. The van der Waals surface area contributed by atoms with E-state index in [1.54, 1.807) is 21.1 Å².